The summed E-state index contributed by atoms with van der Waals surface area (Å²) >= 11 is 0. The smallest absolute Gasteiger partial charge is 0.306 e. The van der Waals surface area contributed by atoms with Gasteiger partial charge in [0.1, 0.15) is 5.78 Å². The van der Waals surface area contributed by atoms with Crippen LogP contribution >= 0.6 is 0 Å². The lowest BCUT2D eigenvalue weighted by Crippen LogP contribution is -2.17. The first-order valence-corrected chi connectivity index (χ1v) is 5.85. The number of Topliss-reactive ketones (excluding diaryl/α,β-unsaturated/α-hetero) is 1. The summed E-state index contributed by atoms with van der Waals surface area (Å²) in [6, 6.07) is 9.96. The van der Waals surface area contributed by atoms with Crippen molar-refractivity contribution in [3.05, 3.63) is 35.9 Å². The number of ketones is 1. The van der Waals surface area contributed by atoms with Crippen molar-refractivity contribution in [1.29, 1.82) is 0 Å². The number of carbonyl (C=O) groups excluding carboxylic acids is 1. The summed E-state index contributed by atoms with van der Waals surface area (Å²) in [5.74, 6) is -1.46. The van der Waals surface area contributed by atoms with E-state index in [1.165, 1.54) is 12.5 Å². The van der Waals surface area contributed by atoms with Crippen LogP contribution in [0.25, 0.3) is 0 Å². The maximum absolute atomic E-state index is 10.9. The molecule has 92 valence electrons. The van der Waals surface area contributed by atoms with E-state index in [-0.39, 0.29) is 12.2 Å². The zero-order chi connectivity index (χ0) is 12.7. The van der Waals surface area contributed by atoms with E-state index in [1.54, 1.807) is 0 Å². The van der Waals surface area contributed by atoms with Gasteiger partial charge in [0.05, 0.1) is 5.92 Å². The summed E-state index contributed by atoms with van der Waals surface area (Å²) in [5.41, 5.74) is 1.21. The van der Waals surface area contributed by atoms with Gasteiger partial charge in [-0.05, 0) is 31.7 Å². The van der Waals surface area contributed by atoms with Gasteiger partial charge in [-0.15, -0.1) is 0 Å². The van der Waals surface area contributed by atoms with Crippen LogP contribution in [0, 0.1) is 5.92 Å². The summed E-state index contributed by atoms with van der Waals surface area (Å²) in [6.45, 7) is 1.44. The monoisotopic (exact) mass is 234 g/mol. The molecule has 0 amide bonds. The molecule has 1 N–H and O–H groups in total. The minimum absolute atomic E-state index is 0.0582. The van der Waals surface area contributed by atoms with Gasteiger partial charge >= 0.3 is 5.97 Å². The second-order valence-corrected chi connectivity index (χ2v) is 4.32. The van der Waals surface area contributed by atoms with Gasteiger partial charge in [-0.1, -0.05) is 30.3 Å². The lowest BCUT2D eigenvalue weighted by molar-refractivity contribution is -0.143. The third kappa shape index (κ3) is 5.29. The minimum atomic E-state index is -0.867. The third-order valence-electron chi connectivity index (χ3n) is 2.74. The number of hydrogen-bond donors (Lipinski definition) is 1. The molecule has 0 aromatic heterocycles. The Morgan fingerprint density at radius 3 is 2.41 bits per heavy atom. The average molecular weight is 234 g/mol. The van der Waals surface area contributed by atoms with Gasteiger partial charge in [0, 0.05) is 6.42 Å². The molecule has 0 aliphatic carbocycles. The third-order valence-corrected chi connectivity index (χ3v) is 2.74. The SMILES string of the molecule is CC(=O)CC(CCCc1ccccc1)C(=O)O. The van der Waals surface area contributed by atoms with Crippen LogP contribution in [0.4, 0.5) is 0 Å². The zero-order valence-corrected chi connectivity index (χ0v) is 10.1. The Morgan fingerprint density at radius 1 is 1.24 bits per heavy atom. The van der Waals surface area contributed by atoms with E-state index in [1.807, 2.05) is 30.3 Å². The average Bonchev–Trinajstić information content (AvgIpc) is 2.28. The highest BCUT2D eigenvalue weighted by Gasteiger charge is 2.18. The summed E-state index contributed by atoms with van der Waals surface area (Å²) in [6.07, 6.45) is 2.37. The molecule has 3 heteroatoms. The van der Waals surface area contributed by atoms with Crippen molar-refractivity contribution >= 4 is 11.8 Å². The molecule has 1 aromatic rings. The van der Waals surface area contributed by atoms with E-state index < -0.39 is 11.9 Å². The Hall–Kier alpha value is -1.64. The zero-order valence-electron chi connectivity index (χ0n) is 10.1. The van der Waals surface area contributed by atoms with Gasteiger partial charge in [0.25, 0.3) is 0 Å². The summed E-state index contributed by atoms with van der Waals surface area (Å²) in [4.78, 5) is 21.9. The van der Waals surface area contributed by atoms with Crippen LogP contribution in [0.15, 0.2) is 30.3 Å². The Kier molecular flexibility index (Phi) is 5.40. The number of aliphatic carboxylic acids is 1. The number of benzene rings is 1. The molecular weight excluding hydrogens is 216 g/mol. The molecule has 0 bridgehead atoms. The van der Waals surface area contributed by atoms with Gasteiger partial charge in [-0.2, -0.15) is 0 Å². The molecule has 1 unspecified atom stereocenters. The molecule has 0 aliphatic heterocycles. The van der Waals surface area contributed by atoms with E-state index in [2.05, 4.69) is 0 Å². The lowest BCUT2D eigenvalue weighted by atomic mass is 9.95. The van der Waals surface area contributed by atoms with E-state index in [0.717, 1.165) is 12.8 Å². The molecule has 0 saturated heterocycles. The normalized spacial score (nSPS) is 12.1. The summed E-state index contributed by atoms with van der Waals surface area (Å²) in [5, 5.41) is 8.97. The van der Waals surface area contributed by atoms with Gasteiger partial charge in [-0.25, -0.2) is 0 Å². The molecule has 1 aromatic carbocycles. The number of carbonyl (C=O) groups is 2. The van der Waals surface area contributed by atoms with Crippen molar-refractivity contribution in [2.24, 2.45) is 5.92 Å². The molecule has 0 aliphatic rings. The molecule has 0 fully saturated rings. The van der Waals surface area contributed by atoms with Crippen LogP contribution in [-0.2, 0) is 16.0 Å². The van der Waals surface area contributed by atoms with Crippen LogP contribution < -0.4 is 0 Å². The maximum Gasteiger partial charge on any atom is 0.306 e. The molecule has 0 radical (unpaired) electrons. The van der Waals surface area contributed by atoms with Crippen LogP contribution in [0.5, 0.6) is 0 Å². The van der Waals surface area contributed by atoms with Crippen molar-refractivity contribution in [3.63, 3.8) is 0 Å². The largest absolute Gasteiger partial charge is 0.481 e. The highest BCUT2D eigenvalue weighted by Crippen LogP contribution is 2.14. The molecule has 1 atom stereocenters. The molecule has 0 spiro atoms. The first-order chi connectivity index (χ1) is 8.09. The van der Waals surface area contributed by atoms with Crippen LogP contribution in [0.3, 0.4) is 0 Å². The van der Waals surface area contributed by atoms with E-state index in [4.69, 9.17) is 5.11 Å². The van der Waals surface area contributed by atoms with Crippen molar-refractivity contribution in [2.75, 3.05) is 0 Å². The Labute approximate surface area is 101 Å². The first-order valence-electron chi connectivity index (χ1n) is 5.85. The predicted octanol–water partition coefficient (Wildman–Crippen LogP) is 2.69. The molecular formula is C14H18O3. The number of carboxylic acids is 1. The standard InChI is InChI=1S/C14H18O3/c1-11(15)10-13(14(16)17)9-5-8-12-6-3-2-4-7-12/h2-4,6-7,13H,5,8-10H2,1H3,(H,16,17). The minimum Gasteiger partial charge on any atom is -0.481 e. The van der Waals surface area contributed by atoms with Gasteiger partial charge < -0.3 is 9.90 Å². The predicted molar refractivity (Wildman–Crippen MR) is 65.8 cm³/mol. The van der Waals surface area contributed by atoms with E-state index >= 15 is 0 Å². The van der Waals surface area contributed by atoms with Crippen molar-refractivity contribution in [1.82, 2.24) is 0 Å². The Balaban J connectivity index is 2.37. The summed E-state index contributed by atoms with van der Waals surface area (Å²) in [7, 11) is 0. The maximum atomic E-state index is 10.9. The fraction of sp³-hybridized carbons (Fsp3) is 0.429. The fourth-order valence-corrected chi connectivity index (χ4v) is 1.86. The van der Waals surface area contributed by atoms with Crippen LogP contribution in [0.1, 0.15) is 31.7 Å². The number of carboxylic acid groups (broad SMARTS) is 1. The second kappa shape index (κ2) is 6.84. The van der Waals surface area contributed by atoms with Crippen molar-refractivity contribution in [3.8, 4) is 0 Å². The van der Waals surface area contributed by atoms with Crippen molar-refractivity contribution < 1.29 is 14.7 Å². The first kappa shape index (κ1) is 13.4. The number of rotatable bonds is 7. The topological polar surface area (TPSA) is 54.4 Å². The van der Waals surface area contributed by atoms with Gasteiger partial charge in [0.15, 0.2) is 0 Å². The van der Waals surface area contributed by atoms with Crippen LogP contribution in [0.2, 0.25) is 0 Å². The van der Waals surface area contributed by atoms with E-state index in [0.29, 0.717) is 6.42 Å². The second-order valence-electron chi connectivity index (χ2n) is 4.32. The molecule has 0 heterocycles. The van der Waals surface area contributed by atoms with Crippen LogP contribution in [-0.4, -0.2) is 16.9 Å². The lowest BCUT2D eigenvalue weighted by Gasteiger charge is -2.10. The molecule has 3 nitrogen and oxygen atoms in total. The highest BCUT2D eigenvalue weighted by atomic mass is 16.4. The number of hydrogen-bond acceptors (Lipinski definition) is 2. The number of aryl methyl sites for hydroxylation is 1. The van der Waals surface area contributed by atoms with Gasteiger partial charge in [0.2, 0.25) is 0 Å². The molecule has 1 rings (SSSR count). The highest BCUT2D eigenvalue weighted by molar-refractivity contribution is 5.81. The Morgan fingerprint density at radius 2 is 1.88 bits per heavy atom. The van der Waals surface area contributed by atoms with Crippen molar-refractivity contribution in [2.45, 2.75) is 32.6 Å². The molecule has 0 saturated carbocycles. The quantitative estimate of drug-likeness (QED) is 0.789. The Bertz CT molecular complexity index is 370. The fourth-order valence-electron chi connectivity index (χ4n) is 1.86. The van der Waals surface area contributed by atoms with E-state index in [9.17, 15) is 9.59 Å². The molecule has 17 heavy (non-hydrogen) atoms. The summed E-state index contributed by atoms with van der Waals surface area (Å²) < 4.78 is 0. The van der Waals surface area contributed by atoms with Gasteiger partial charge in [-0.3, -0.25) is 4.79 Å².